The SMILES string of the molecule is O=C(NCC(=O)N1CCCCCC1)C1CCC1. The van der Waals surface area contributed by atoms with E-state index in [4.69, 9.17) is 0 Å². The quantitative estimate of drug-likeness (QED) is 0.806. The molecular formula is C13H22N2O2. The summed E-state index contributed by atoms with van der Waals surface area (Å²) in [6.45, 7) is 1.91. The summed E-state index contributed by atoms with van der Waals surface area (Å²) < 4.78 is 0. The van der Waals surface area contributed by atoms with Gasteiger partial charge in [-0.2, -0.15) is 0 Å². The Kier molecular flexibility index (Phi) is 4.40. The highest BCUT2D eigenvalue weighted by atomic mass is 16.2. The Balaban J connectivity index is 1.70. The Morgan fingerprint density at radius 2 is 1.65 bits per heavy atom. The van der Waals surface area contributed by atoms with Crippen molar-refractivity contribution in [1.82, 2.24) is 10.2 Å². The largest absolute Gasteiger partial charge is 0.347 e. The zero-order chi connectivity index (χ0) is 12.1. The molecule has 0 radical (unpaired) electrons. The predicted molar refractivity (Wildman–Crippen MR) is 65.4 cm³/mol. The molecule has 2 aliphatic rings. The van der Waals surface area contributed by atoms with Gasteiger partial charge in [-0.3, -0.25) is 9.59 Å². The molecule has 0 bridgehead atoms. The van der Waals surface area contributed by atoms with Gasteiger partial charge in [0.05, 0.1) is 6.54 Å². The average molecular weight is 238 g/mol. The van der Waals surface area contributed by atoms with Gasteiger partial charge in [0.1, 0.15) is 0 Å². The first-order valence-corrected chi connectivity index (χ1v) is 6.83. The van der Waals surface area contributed by atoms with Crippen LogP contribution in [0, 0.1) is 5.92 Å². The van der Waals surface area contributed by atoms with E-state index >= 15 is 0 Å². The third-order valence-corrected chi connectivity index (χ3v) is 3.85. The van der Waals surface area contributed by atoms with E-state index < -0.39 is 0 Å². The first kappa shape index (κ1) is 12.4. The minimum Gasteiger partial charge on any atom is -0.347 e. The number of hydrogen-bond acceptors (Lipinski definition) is 2. The van der Waals surface area contributed by atoms with Gasteiger partial charge in [0.15, 0.2) is 0 Å². The van der Waals surface area contributed by atoms with Crippen molar-refractivity contribution >= 4 is 11.8 Å². The molecule has 2 rings (SSSR count). The number of nitrogens with one attached hydrogen (secondary N) is 1. The molecule has 2 amide bonds. The topological polar surface area (TPSA) is 49.4 Å². The zero-order valence-corrected chi connectivity index (χ0v) is 10.4. The molecule has 4 nitrogen and oxygen atoms in total. The summed E-state index contributed by atoms with van der Waals surface area (Å²) in [6.07, 6.45) is 7.77. The predicted octanol–water partition coefficient (Wildman–Crippen LogP) is 1.31. The van der Waals surface area contributed by atoms with Gasteiger partial charge in [-0.1, -0.05) is 19.3 Å². The van der Waals surface area contributed by atoms with Crippen molar-refractivity contribution in [3.63, 3.8) is 0 Å². The number of carbonyl (C=O) groups excluding carboxylic acids is 2. The van der Waals surface area contributed by atoms with Crippen LogP contribution in [0.5, 0.6) is 0 Å². The molecule has 0 spiro atoms. The molecule has 1 saturated carbocycles. The normalized spacial score (nSPS) is 21.5. The fraction of sp³-hybridized carbons (Fsp3) is 0.846. The number of rotatable bonds is 3. The van der Waals surface area contributed by atoms with E-state index in [1.807, 2.05) is 4.90 Å². The standard InChI is InChI=1S/C13H22N2O2/c16-12(15-8-3-1-2-4-9-15)10-14-13(17)11-6-5-7-11/h11H,1-10H2,(H,14,17). The van der Waals surface area contributed by atoms with Crippen LogP contribution in [0.2, 0.25) is 0 Å². The second kappa shape index (κ2) is 6.03. The maximum absolute atomic E-state index is 11.9. The monoisotopic (exact) mass is 238 g/mol. The Morgan fingerprint density at radius 3 is 2.18 bits per heavy atom. The van der Waals surface area contributed by atoms with Crippen LogP contribution in [0.4, 0.5) is 0 Å². The third-order valence-electron chi connectivity index (χ3n) is 3.85. The first-order valence-electron chi connectivity index (χ1n) is 6.83. The molecule has 0 aromatic carbocycles. The molecule has 96 valence electrons. The fourth-order valence-corrected chi connectivity index (χ4v) is 2.41. The Hall–Kier alpha value is -1.06. The number of hydrogen-bond donors (Lipinski definition) is 1. The average Bonchev–Trinajstić information content (AvgIpc) is 2.52. The van der Waals surface area contributed by atoms with E-state index in [-0.39, 0.29) is 24.3 Å². The summed E-state index contributed by atoms with van der Waals surface area (Å²) in [4.78, 5) is 25.4. The molecule has 2 fully saturated rings. The Bertz CT molecular complexity index is 279. The van der Waals surface area contributed by atoms with Crippen molar-refractivity contribution < 1.29 is 9.59 Å². The molecule has 1 saturated heterocycles. The molecule has 1 aliphatic heterocycles. The van der Waals surface area contributed by atoms with Crippen LogP contribution in [-0.2, 0) is 9.59 Å². The van der Waals surface area contributed by atoms with Crippen LogP contribution in [0.1, 0.15) is 44.9 Å². The highest BCUT2D eigenvalue weighted by Crippen LogP contribution is 2.26. The van der Waals surface area contributed by atoms with E-state index in [9.17, 15) is 9.59 Å². The smallest absolute Gasteiger partial charge is 0.241 e. The maximum Gasteiger partial charge on any atom is 0.241 e. The molecule has 1 N–H and O–H groups in total. The highest BCUT2D eigenvalue weighted by molar-refractivity contribution is 5.86. The van der Waals surface area contributed by atoms with Gasteiger partial charge in [0, 0.05) is 19.0 Å². The Labute approximate surface area is 103 Å². The number of likely N-dealkylation sites (tertiary alicyclic amines) is 1. The minimum atomic E-state index is 0.0689. The number of carbonyl (C=O) groups is 2. The summed E-state index contributed by atoms with van der Waals surface area (Å²) >= 11 is 0. The van der Waals surface area contributed by atoms with E-state index in [0.29, 0.717) is 0 Å². The summed E-state index contributed by atoms with van der Waals surface area (Å²) in [5.74, 6) is 0.325. The van der Waals surface area contributed by atoms with Crippen molar-refractivity contribution in [1.29, 1.82) is 0 Å². The molecule has 0 unspecified atom stereocenters. The van der Waals surface area contributed by atoms with Crippen LogP contribution in [0.25, 0.3) is 0 Å². The number of amides is 2. The summed E-state index contributed by atoms with van der Waals surface area (Å²) in [5, 5.41) is 2.77. The highest BCUT2D eigenvalue weighted by Gasteiger charge is 2.25. The van der Waals surface area contributed by atoms with Crippen LogP contribution < -0.4 is 5.32 Å². The van der Waals surface area contributed by atoms with Gasteiger partial charge in [-0.05, 0) is 25.7 Å². The van der Waals surface area contributed by atoms with Crippen LogP contribution in [0.15, 0.2) is 0 Å². The van der Waals surface area contributed by atoms with Crippen molar-refractivity contribution in [2.75, 3.05) is 19.6 Å². The van der Waals surface area contributed by atoms with Crippen molar-refractivity contribution in [2.24, 2.45) is 5.92 Å². The van der Waals surface area contributed by atoms with Crippen LogP contribution >= 0.6 is 0 Å². The second-order valence-corrected chi connectivity index (χ2v) is 5.14. The van der Waals surface area contributed by atoms with Crippen molar-refractivity contribution in [3.05, 3.63) is 0 Å². The molecule has 17 heavy (non-hydrogen) atoms. The molecule has 1 heterocycles. The van der Waals surface area contributed by atoms with Crippen molar-refractivity contribution in [2.45, 2.75) is 44.9 Å². The summed E-state index contributed by atoms with van der Waals surface area (Å²) in [5.41, 5.74) is 0. The molecular weight excluding hydrogens is 216 g/mol. The van der Waals surface area contributed by atoms with Gasteiger partial charge in [-0.15, -0.1) is 0 Å². The van der Waals surface area contributed by atoms with E-state index in [1.54, 1.807) is 0 Å². The maximum atomic E-state index is 11.9. The first-order chi connectivity index (χ1) is 8.27. The molecule has 4 heteroatoms. The molecule has 0 atom stereocenters. The molecule has 1 aliphatic carbocycles. The lowest BCUT2D eigenvalue weighted by atomic mass is 9.85. The van der Waals surface area contributed by atoms with Gasteiger partial charge in [0.25, 0.3) is 0 Å². The van der Waals surface area contributed by atoms with Crippen LogP contribution in [0.3, 0.4) is 0 Å². The lowest BCUT2D eigenvalue weighted by Crippen LogP contribution is -2.43. The summed E-state index contributed by atoms with van der Waals surface area (Å²) in [7, 11) is 0. The third kappa shape index (κ3) is 3.45. The lowest BCUT2D eigenvalue weighted by molar-refractivity contribution is -0.134. The van der Waals surface area contributed by atoms with Gasteiger partial charge in [-0.25, -0.2) is 0 Å². The van der Waals surface area contributed by atoms with Gasteiger partial charge < -0.3 is 10.2 Å². The lowest BCUT2D eigenvalue weighted by Gasteiger charge is -2.25. The fourth-order valence-electron chi connectivity index (χ4n) is 2.41. The second-order valence-electron chi connectivity index (χ2n) is 5.14. The summed E-state index contributed by atoms with van der Waals surface area (Å²) in [6, 6.07) is 0. The minimum absolute atomic E-state index is 0.0689. The van der Waals surface area contributed by atoms with Gasteiger partial charge in [0.2, 0.25) is 11.8 Å². The number of nitrogens with zero attached hydrogens (tertiary/aromatic N) is 1. The molecule has 0 aromatic heterocycles. The van der Waals surface area contributed by atoms with E-state index in [0.717, 1.165) is 45.2 Å². The Morgan fingerprint density at radius 1 is 1.00 bits per heavy atom. The van der Waals surface area contributed by atoms with Crippen molar-refractivity contribution in [3.8, 4) is 0 Å². The zero-order valence-electron chi connectivity index (χ0n) is 10.4. The van der Waals surface area contributed by atoms with Gasteiger partial charge >= 0.3 is 0 Å². The van der Waals surface area contributed by atoms with E-state index in [2.05, 4.69) is 5.32 Å². The van der Waals surface area contributed by atoms with Crippen LogP contribution in [-0.4, -0.2) is 36.3 Å². The molecule has 0 aromatic rings. The van der Waals surface area contributed by atoms with E-state index in [1.165, 1.54) is 12.8 Å².